The first-order valence-electron chi connectivity index (χ1n) is 7.70. The molecule has 0 aliphatic heterocycles. The minimum Gasteiger partial charge on any atom is -0.457 e. The monoisotopic (exact) mass is 416 g/mol. The number of hydrogen-bond donors (Lipinski definition) is 1. The molecule has 2 aromatic carbocycles. The highest BCUT2D eigenvalue weighted by molar-refractivity contribution is 6.35. The molecule has 0 bridgehead atoms. The highest BCUT2D eigenvalue weighted by Gasteiger charge is 2.13. The Bertz CT molecular complexity index is 1060. The summed E-state index contributed by atoms with van der Waals surface area (Å²) in [5.74, 6) is 0.260. The van der Waals surface area contributed by atoms with Crippen molar-refractivity contribution in [2.75, 3.05) is 5.32 Å². The molecule has 0 aliphatic rings. The van der Waals surface area contributed by atoms with Crippen molar-refractivity contribution < 1.29 is 9.21 Å². The average Bonchev–Trinajstić information content (AvgIpc) is 3.09. The second kappa shape index (κ2) is 8.32. The van der Waals surface area contributed by atoms with Crippen LogP contribution in [0.4, 0.5) is 5.69 Å². The molecule has 0 radical (unpaired) electrons. The Balaban J connectivity index is 1.84. The van der Waals surface area contributed by atoms with Gasteiger partial charge in [0.25, 0.3) is 5.91 Å². The molecular weight excluding hydrogens is 407 g/mol. The van der Waals surface area contributed by atoms with Crippen LogP contribution in [0.5, 0.6) is 0 Å². The second-order valence-corrected chi connectivity index (χ2v) is 6.74. The van der Waals surface area contributed by atoms with E-state index in [1.54, 1.807) is 54.6 Å². The van der Waals surface area contributed by atoms with Crippen LogP contribution in [0.25, 0.3) is 17.4 Å². The molecule has 4 nitrogen and oxygen atoms in total. The second-order valence-electron chi connectivity index (χ2n) is 5.46. The fourth-order valence-electron chi connectivity index (χ4n) is 2.32. The molecule has 0 saturated carbocycles. The van der Waals surface area contributed by atoms with Gasteiger partial charge in [0.2, 0.25) is 0 Å². The van der Waals surface area contributed by atoms with Crippen molar-refractivity contribution in [1.82, 2.24) is 0 Å². The van der Waals surface area contributed by atoms with E-state index in [0.717, 1.165) is 0 Å². The van der Waals surface area contributed by atoms with Gasteiger partial charge in [-0.25, -0.2) is 0 Å². The molecule has 1 heterocycles. The van der Waals surface area contributed by atoms with Gasteiger partial charge in [-0.2, -0.15) is 5.26 Å². The first-order valence-corrected chi connectivity index (χ1v) is 8.83. The van der Waals surface area contributed by atoms with Crippen molar-refractivity contribution in [1.29, 1.82) is 5.26 Å². The van der Waals surface area contributed by atoms with Crippen LogP contribution >= 0.6 is 34.8 Å². The van der Waals surface area contributed by atoms with E-state index in [-0.39, 0.29) is 5.57 Å². The molecule has 1 aromatic heterocycles. The van der Waals surface area contributed by atoms with E-state index >= 15 is 0 Å². The fourth-order valence-corrected chi connectivity index (χ4v) is 3.03. The van der Waals surface area contributed by atoms with Crippen LogP contribution in [0, 0.1) is 11.3 Å². The molecule has 134 valence electrons. The number of amides is 1. The normalized spacial score (nSPS) is 11.1. The molecule has 0 saturated heterocycles. The minimum atomic E-state index is -0.589. The third-order valence-electron chi connectivity index (χ3n) is 3.55. The summed E-state index contributed by atoms with van der Waals surface area (Å²) in [5, 5.41) is 13.2. The number of carbonyl (C=O) groups is 1. The zero-order valence-electron chi connectivity index (χ0n) is 13.7. The number of para-hydroxylation sites is 1. The van der Waals surface area contributed by atoms with E-state index in [2.05, 4.69) is 5.32 Å². The van der Waals surface area contributed by atoms with Crippen molar-refractivity contribution >= 4 is 52.5 Å². The van der Waals surface area contributed by atoms with E-state index in [9.17, 15) is 10.1 Å². The van der Waals surface area contributed by atoms with Crippen LogP contribution in [-0.2, 0) is 4.79 Å². The van der Waals surface area contributed by atoms with Gasteiger partial charge in [-0.1, -0.05) is 46.9 Å². The topological polar surface area (TPSA) is 66.0 Å². The van der Waals surface area contributed by atoms with Crippen LogP contribution < -0.4 is 5.32 Å². The zero-order chi connectivity index (χ0) is 19.4. The van der Waals surface area contributed by atoms with Gasteiger partial charge in [0, 0.05) is 21.7 Å². The number of furan rings is 1. The smallest absolute Gasteiger partial charge is 0.266 e. The van der Waals surface area contributed by atoms with Crippen molar-refractivity contribution in [3.8, 4) is 17.4 Å². The number of nitrogens with zero attached hydrogens (tertiary/aromatic N) is 1. The van der Waals surface area contributed by atoms with Gasteiger partial charge in [-0.3, -0.25) is 4.79 Å². The van der Waals surface area contributed by atoms with Gasteiger partial charge in [0.15, 0.2) is 0 Å². The summed E-state index contributed by atoms with van der Waals surface area (Å²) in [6, 6.07) is 17.0. The zero-order valence-corrected chi connectivity index (χ0v) is 15.9. The average molecular weight is 418 g/mol. The summed E-state index contributed by atoms with van der Waals surface area (Å²) < 4.78 is 5.69. The lowest BCUT2D eigenvalue weighted by Gasteiger charge is -2.05. The first kappa shape index (κ1) is 19.1. The van der Waals surface area contributed by atoms with Gasteiger partial charge in [-0.15, -0.1) is 0 Å². The highest BCUT2D eigenvalue weighted by atomic mass is 35.5. The highest BCUT2D eigenvalue weighted by Crippen LogP contribution is 2.29. The van der Waals surface area contributed by atoms with E-state index in [1.165, 1.54) is 6.08 Å². The number of nitrogens with one attached hydrogen (secondary N) is 1. The lowest BCUT2D eigenvalue weighted by Crippen LogP contribution is -2.13. The van der Waals surface area contributed by atoms with E-state index in [1.807, 2.05) is 6.07 Å². The maximum absolute atomic E-state index is 12.3. The minimum absolute atomic E-state index is 0.125. The van der Waals surface area contributed by atoms with Gasteiger partial charge < -0.3 is 9.73 Å². The lowest BCUT2D eigenvalue weighted by atomic mass is 10.2. The van der Waals surface area contributed by atoms with Gasteiger partial charge in [0.05, 0.1) is 10.7 Å². The van der Waals surface area contributed by atoms with Crippen LogP contribution in [0.3, 0.4) is 0 Å². The molecule has 0 atom stereocenters. The lowest BCUT2D eigenvalue weighted by molar-refractivity contribution is -0.112. The summed E-state index contributed by atoms with van der Waals surface area (Å²) >= 11 is 18.0. The Morgan fingerprint density at radius 1 is 1.04 bits per heavy atom. The Kier molecular flexibility index (Phi) is 5.88. The summed E-state index contributed by atoms with van der Waals surface area (Å²) in [7, 11) is 0. The van der Waals surface area contributed by atoms with Gasteiger partial charge >= 0.3 is 0 Å². The Morgan fingerprint density at radius 2 is 1.74 bits per heavy atom. The molecule has 0 aliphatic carbocycles. The molecule has 7 heteroatoms. The molecule has 1 amide bonds. The van der Waals surface area contributed by atoms with E-state index in [4.69, 9.17) is 39.2 Å². The molecule has 27 heavy (non-hydrogen) atoms. The van der Waals surface area contributed by atoms with E-state index < -0.39 is 5.91 Å². The quantitative estimate of drug-likeness (QED) is 0.392. The third kappa shape index (κ3) is 4.72. The summed E-state index contributed by atoms with van der Waals surface area (Å²) in [6.45, 7) is 0. The number of nitriles is 1. The van der Waals surface area contributed by atoms with Crippen LogP contribution in [0.1, 0.15) is 5.76 Å². The molecule has 3 rings (SSSR count). The number of hydrogen-bond acceptors (Lipinski definition) is 3. The number of carbonyl (C=O) groups excluding carboxylic acids is 1. The third-order valence-corrected chi connectivity index (χ3v) is 4.31. The summed E-state index contributed by atoms with van der Waals surface area (Å²) in [4.78, 5) is 12.3. The molecule has 0 unspecified atom stereocenters. The molecule has 0 fully saturated rings. The fraction of sp³-hybridized carbons (Fsp3) is 0. The largest absolute Gasteiger partial charge is 0.457 e. The SMILES string of the molecule is N#C/C(=C\c1ccc(-c2cc(Cl)cc(Cl)c2)o1)C(=O)Nc1ccccc1Cl. The molecule has 1 N–H and O–H groups in total. The summed E-state index contributed by atoms with van der Waals surface area (Å²) in [6.07, 6.45) is 1.35. The van der Waals surface area contributed by atoms with Crippen molar-refractivity contribution in [3.63, 3.8) is 0 Å². The number of anilines is 1. The Labute approximate surface area is 170 Å². The predicted octanol–water partition coefficient (Wildman–Crippen LogP) is 6.45. The maximum atomic E-state index is 12.3. The standard InChI is InChI=1S/C20H11Cl3N2O2/c21-14-7-12(8-15(22)10-14)19-6-5-16(27-19)9-13(11-24)20(26)25-18-4-2-1-3-17(18)23/h1-10H,(H,25,26)/b13-9+. The maximum Gasteiger partial charge on any atom is 0.266 e. The van der Waals surface area contributed by atoms with Crippen molar-refractivity contribution in [2.24, 2.45) is 0 Å². The van der Waals surface area contributed by atoms with Gasteiger partial charge in [-0.05, 0) is 42.5 Å². The molecular formula is C20H11Cl3N2O2. The predicted molar refractivity (Wildman–Crippen MR) is 108 cm³/mol. The van der Waals surface area contributed by atoms with Crippen molar-refractivity contribution in [3.05, 3.63) is 81.0 Å². The Hall–Kier alpha value is -2.71. The van der Waals surface area contributed by atoms with Crippen LogP contribution in [0.2, 0.25) is 15.1 Å². The molecule has 0 spiro atoms. The van der Waals surface area contributed by atoms with Gasteiger partial charge in [0.1, 0.15) is 23.2 Å². The number of halogens is 3. The first-order chi connectivity index (χ1) is 13.0. The summed E-state index contributed by atoms with van der Waals surface area (Å²) in [5.41, 5.74) is 0.977. The Morgan fingerprint density at radius 3 is 2.41 bits per heavy atom. The molecule has 3 aromatic rings. The van der Waals surface area contributed by atoms with Crippen LogP contribution in [0.15, 0.2) is 64.6 Å². The van der Waals surface area contributed by atoms with E-state index in [0.29, 0.717) is 37.8 Å². The number of rotatable bonds is 4. The van der Waals surface area contributed by atoms with Crippen molar-refractivity contribution in [2.45, 2.75) is 0 Å². The number of benzene rings is 2. The van der Waals surface area contributed by atoms with Crippen LogP contribution in [-0.4, -0.2) is 5.91 Å².